The molecular weight excluding hydrogens is 410 g/mol. The van der Waals surface area contributed by atoms with Crippen LogP contribution in [-0.4, -0.2) is 56.7 Å². The summed E-state index contributed by atoms with van der Waals surface area (Å²) in [6.07, 6.45) is 5.15. The van der Waals surface area contributed by atoms with Gasteiger partial charge in [0.15, 0.2) is 11.4 Å². The Labute approximate surface area is 184 Å². The Balaban J connectivity index is 1.29. The van der Waals surface area contributed by atoms with Gasteiger partial charge in [0.2, 0.25) is 0 Å². The lowest BCUT2D eigenvalue weighted by Gasteiger charge is -2.47. The van der Waals surface area contributed by atoms with Gasteiger partial charge in [0.25, 0.3) is 0 Å². The number of morpholine rings is 1. The molecule has 2 aromatic heterocycles. The third-order valence-corrected chi connectivity index (χ3v) is 6.07. The first-order valence-corrected chi connectivity index (χ1v) is 10.5. The van der Waals surface area contributed by atoms with Crippen molar-refractivity contribution in [3.8, 4) is 6.07 Å². The van der Waals surface area contributed by atoms with Crippen LogP contribution in [0.3, 0.4) is 0 Å². The van der Waals surface area contributed by atoms with Crippen molar-refractivity contribution < 1.29 is 19.1 Å². The van der Waals surface area contributed by atoms with E-state index in [1.807, 2.05) is 36.4 Å². The van der Waals surface area contributed by atoms with Crippen LogP contribution in [0.1, 0.15) is 34.3 Å². The second-order valence-corrected chi connectivity index (χ2v) is 8.11. The molecule has 0 saturated carbocycles. The van der Waals surface area contributed by atoms with Crippen molar-refractivity contribution in [3.05, 3.63) is 65.6 Å². The summed E-state index contributed by atoms with van der Waals surface area (Å²) in [5, 5.41) is 13.2. The predicted octanol–water partition coefficient (Wildman–Crippen LogP) is 2.60. The number of nitrogens with zero attached hydrogens (tertiary/aromatic N) is 5. The normalized spacial score (nSPS) is 22.3. The highest BCUT2D eigenvalue weighted by Gasteiger charge is 2.44. The summed E-state index contributed by atoms with van der Waals surface area (Å²) in [7, 11) is 0. The molecule has 1 amide bonds. The first kappa shape index (κ1) is 20.2. The van der Waals surface area contributed by atoms with Gasteiger partial charge in [-0.15, -0.1) is 0 Å². The highest BCUT2D eigenvalue weighted by Crippen LogP contribution is 2.34. The summed E-state index contributed by atoms with van der Waals surface area (Å²) in [6.45, 7) is 0.963. The molecule has 1 aromatic carbocycles. The molecule has 0 N–H and O–H groups in total. The molecule has 162 valence electrons. The van der Waals surface area contributed by atoms with E-state index in [1.165, 1.54) is 16.9 Å². The molecular formula is C23H21N5O4. The third kappa shape index (κ3) is 3.69. The number of ketones is 1. The Bertz CT molecular complexity index is 1190. The first-order chi connectivity index (χ1) is 15.6. The number of aromatic nitrogens is 3. The van der Waals surface area contributed by atoms with Crippen LogP contribution < -0.4 is 0 Å². The van der Waals surface area contributed by atoms with Crippen molar-refractivity contribution in [2.45, 2.75) is 31.5 Å². The lowest BCUT2D eigenvalue weighted by molar-refractivity contribution is -0.0755. The number of piperidine rings is 1. The number of ether oxygens (including phenoxy) is 2. The Morgan fingerprint density at radius 3 is 2.62 bits per heavy atom. The molecule has 2 unspecified atom stereocenters. The van der Waals surface area contributed by atoms with E-state index < -0.39 is 0 Å². The van der Waals surface area contributed by atoms with Crippen molar-refractivity contribution in [2.24, 2.45) is 5.92 Å². The Morgan fingerprint density at radius 1 is 1.16 bits per heavy atom. The molecule has 4 heterocycles. The van der Waals surface area contributed by atoms with E-state index >= 15 is 0 Å². The molecule has 32 heavy (non-hydrogen) atoms. The minimum absolute atomic E-state index is 0.0392. The molecule has 2 atom stereocenters. The van der Waals surface area contributed by atoms with Gasteiger partial charge in [-0.25, -0.2) is 14.3 Å². The van der Waals surface area contributed by atoms with Crippen LogP contribution in [0.4, 0.5) is 4.79 Å². The maximum Gasteiger partial charge on any atom is 0.410 e. The van der Waals surface area contributed by atoms with Crippen LogP contribution in [0.5, 0.6) is 0 Å². The van der Waals surface area contributed by atoms with Gasteiger partial charge in [0, 0.05) is 18.3 Å². The van der Waals surface area contributed by atoms with Crippen LogP contribution >= 0.6 is 0 Å². The van der Waals surface area contributed by atoms with Crippen molar-refractivity contribution in [1.82, 2.24) is 19.5 Å². The number of rotatable bonds is 4. The summed E-state index contributed by atoms with van der Waals surface area (Å²) in [6, 6.07) is 11.1. The van der Waals surface area contributed by atoms with Gasteiger partial charge in [-0.1, -0.05) is 30.3 Å². The van der Waals surface area contributed by atoms with Gasteiger partial charge in [-0.05, 0) is 18.4 Å². The monoisotopic (exact) mass is 431 g/mol. The zero-order chi connectivity index (χ0) is 22.1. The van der Waals surface area contributed by atoms with Crippen molar-refractivity contribution >= 4 is 17.5 Å². The molecule has 9 nitrogen and oxygen atoms in total. The maximum absolute atomic E-state index is 13.2. The third-order valence-electron chi connectivity index (χ3n) is 6.07. The Kier molecular flexibility index (Phi) is 5.29. The van der Waals surface area contributed by atoms with Gasteiger partial charge in [0.1, 0.15) is 18.2 Å². The number of fused-ring (bicyclic) bond motifs is 3. The molecule has 2 aliphatic heterocycles. The fourth-order valence-corrected chi connectivity index (χ4v) is 4.54. The topological polar surface area (TPSA) is 110 Å². The standard InChI is InChI=1S/C23H21N5O4/c24-8-17-10-26-27-11-18(9-25-22(17)27)21(29)16-6-19-13-31-14-20(7-16)28(19)23(30)32-12-15-4-2-1-3-5-15/h1-5,9-11,16,19-20H,6-7,12-14H2. The summed E-state index contributed by atoms with van der Waals surface area (Å²) in [5.74, 6) is -0.292. The average Bonchev–Trinajstić information content (AvgIpc) is 3.24. The number of amides is 1. The van der Waals surface area contributed by atoms with Crippen LogP contribution in [0.2, 0.25) is 0 Å². The number of nitriles is 1. The summed E-state index contributed by atoms with van der Waals surface area (Å²) in [5.41, 5.74) is 2.14. The number of carbonyl (C=O) groups excluding carboxylic acids is 2. The quantitative estimate of drug-likeness (QED) is 0.584. The zero-order valence-electron chi connectivity index (χ0n) is 17.3. The summed E-state index contributed by atoms with van der Waals surface area (Å²) < 4.78 is 12.7. The van der Waals surface area contributed by atoms with Crippen LogP contribution in [0, 0.1) is 17.2 Å². The molecule has 9 heteroatoms. The van der Waals surface area contributed by atoms with E-state index in [9.17, 15) is 9.59 Å². The highest BCUT2D eigenvalue weighted by molar-refractivity contribution is 5.97. The summed E-state index contributed by atoms with van der Waals surface area (Å²) in [4.78, 5) is 32.0. The fourth-order valence-electron chi connectivity index (χ4n) is 4.54. The van der Waals surface area contributed by atoms with E-state index in [4.69, 9.17) is 14.7 Å². The summed E-state index contributed by atoms with van der Waals surface area (Å²) >= 11 is 0. The minimum Gasteiger partial charge on any atom is -0.445 e. The molecule has 2 fully saturated rings. The first-order valence-electron chi connectivity index (χ1n) is 10.5. The SMILES string of the molecule is N#Cc1cnn2cc(C(=O)C3CC4COCC(C3)N4C(=O)OCc3ccccc3)cnc12. The number of carbonyl (C=O) groups is 2. The van der Waals surface area contributed by atoms with Gasteiger partial charge < -0.3 is 9.47 Å². The largest absolute Gasteiger partial charge is 0.445 e. The fraction of sp³-hybridized carbons (Fsp3) is 0.348. The van der Waals surface area contributed by atoms with Crippen LogP contribution in [0.25, 0.3) is 5.65 Å². The van der Waals surface area contributed by atoms with Gasteiger partial charge in [0.05, 0.1) is 37.1 Å². The lowest BCUT2D eigenvalue weighted by Crippen LogP contribution is -2.59. The van der Waals surface area contributed by atoms with Gasteiger partial charge in [-0.2, -0.15) is 10.4 Å². The second kappa shape index (κ2) is 8.40. The number of benzene rings is 1. The Hall–Kier alpha value is -3.77. The smallest absolute Gasteiger partial charge is 0.410 e. The van der Waals surface area contributed by atoms with E-state index in [1.54, 1.807) is 11.1 Å². The zero-order valence-corrected chi connectivity index (χ0v) is 17.3. The van der Waals surface area contributed by atoms with Crippen LogP contribution in [0.15, 0.2) is 48.9 Å². The number of hydrogen-bond acceptors (Lipinski definition) is 7. The Morgan fingerprint density at radius 2 is 1.91 bits per heavy atom. The highest BCUT2D eigenvalue weighted by atomic mass is 16.6. The molecule has 2 bridgehead atoms. The van der Waals surface area contributed by atoms with Crippen LogP contribution in [-0.2, 0) is 16.1 Å². The van der Waals surface area contributed by atoms with Crippen molar-refractivity contribution in [3.63, 3.8) is 0 Å². The average molecular weight is 431 g/mol. The molecule has 2 saturated heterocycles. The molecule has 3 aromatic rings. The molecule has 2 aliphatic rings. The van der Waals surface area contributed by atoms with E-state index in [0.29, 0.717) is 42.8 Å². The predicted molar refractivity (Wildman–Crippen MR) is 112 cm³/mol. The van der Waals surface area contributed by atoms with E-state index in [-0.39, 0.29) is 36.5 Å². The van der Waals surface area contributed by atoms with Crippen molar-refractivity contribution in [2.75, 3.05) is 13.2 Å². The maximum atomic E-state index is 13.2. The lowest BCUT2D eigenvalue weighted by atomic mass is 9.81. The van der Waals surface area contributed by atoms with Crippen molar-refractivity contribution in [1.29, 1.82) is 5.26 Å². The number of Topliss-reactive ketones (excluding diaryl/α,β-unsaturated/α-hetero) is 1. The molecule has 5 rings (SSSR count). The molecule has 0 radical (unpaired) electrons. The van der Waals surface area contributed by atoms with E-state index in [2.05, 4.69) is 10.1 Å². The molecule has 0 aliphatic carbocycles. The second-order valence-electron chi connectivity index (χ2n) is 8.11. The van der Waals surface area contributed by atoms with Gasteiger partial charge in [-0.3, -0.25) is 9.69 Å². The minimum atomic E-state index is -0.373. The van der Waals surface area contributed by atoms with Gasteiger partial charge >= 0.3 is 6.09 Å². The van der Waals surface area contributed by atoms with E-state index in [0.717, 1.165) is 5.56 Å². The number of hydrogen-bond donors (Lipinski definition) is 0. The molecule has 0 spiro atoms.